The molecule has 0 aromatic carbocycles. The second kappa shape index (κ2) is 47.0. The van der Waals surface area contributed by atoms with Gasteiger partial charge in [-0.15, -0.1) is 0 Å². The fourth-order valence-corrected chi connectivity index (χ4v) is 0. The second-order valence-corrected chi connectivity index (χ2v) is 0. The molecule has 45 valence electrons. The van der Waals surface area contributed by atoms with Gasteiger partial charge in [0.05, 0.1) is 0 Å². The zero-order valence-electron chi connectivity index (χ0n) is 0.333. The smallest absolute Gasteiger partial charge is 0 e. The maximum atomic E-state index is 0. The van der Waals surface area contributed by atoms with Crippen molar-refractivity contribution in [2.45, 2.75) is 0 Å². The normalized spacial score (nSPS) is 0. The third kappa shape index (κ3) is 37.6. The van der Waals surface area contributed by atoms with E-state index in [4.69, 9.17) is 0 Å². The summed E-state index contributed by atoms with van der Waals surface area (Å²) in [6.07, 6.45) is 0. The summed E-state index contributed by atoms with van der Waals surface area (Å²) in [5, 5.41) is 0. The van der Waals surface area contributed by atoms with Crippen LogP contribution in [0.3, 0.4) is 0 Å². The van der Waals surface area contributed by atoms with Crippen molar-refractivity contribution < 1.29 is 20.1 Å². The van der Waals surface area contributed by atoms with Crippen LogP contribution < -0.4 is 0 Å². The van der Waals surface area contributed by atoms with Gasteiger partial charge in [-0.2, -0.15) is 0 Å². The topological polar surface area (TPSA) is 0 Å². The van der Waals surface area contributed by atoms with E-state index in [0.717, 1.165) is 0 Å². The monoisotopic (exact) mass is 625 g/mol. The van der Waals surface area contributed by atoms with Crippen molar-refractivity contribution in [1.82, 2.24) is 0 Å². The van der Waals surface area contributed by atoms with Crippen LogP contribution in [0.1, 0.15) is 0 Å². The molecule has 0 nitrogen and oxygen atoms in total. The summed E-state index contributed by atoms with van der Waals surface area (Å²) in [5.74, 6) is 0. The maximum Gasteiger partial charge on any atom is 0 e. The molecule has 7 heteroatoms. The summed E-state index contributed by atoms with van der Waals surface area (Å²) in [7, 11) is 0. The van der Waals surface area contributed by atoms with Gasteiger partial charge in [-0.3, -0.25) is 0 Å². The van der Waals surface area contributed by atoms with Gasteiger partial charge in [0.2, 0.25) is 0 Å². The Morgan fingerprint density at radius 3 is 0.286 bits per heavy atom. The van der Waals surface area contributed by atoms with Gasteiger partial charge in [-0.05, 0) is 0 Å². The molecule has 0 spiro atoms. The predicted octanol–water partition coefficient (Wildman–Crippen LogP) is -7.11. The molecule has 0 bridgehead atoms. The Hall–Kier alpha value is 4.47. The fraction of sp³-hybridized carbons (Fsp3) is 0. The fourth-order valence-electron chi connectivity index (χ4n) is 0. The van der Waals surface area contributed by atoms with Crippen LogP contribution in [0, 0.1) is 0 Å². The van der Waals surface area contributed by atoms with Crippen molar-refractivity contribution in [3.8, 4) is 0 Å². The van der Waals surface area contributed by atoms with Gasteiger partial charge in [-0.1, -0.05) is 0 Å². The van der Waals surface area contributed by atoms with Crippen molar-refractivity contribution in [3.63, 3.8) is 0 Å². The van der Waals surface area contributed by atoms with Gasteiger partial charge in [0.15, 0.2) is 0 Å². The first-order valence-electron chi connectivity index (χ1n) is 0. The molecule has 0 aromatic heterocycles. The average molecular weight is 629 g/mol. The molecule has 0 unspecified atom stereocenters. The molecule has 1 radical (unpaired) electrons. The SMILES string of the molecule is [GaH3].[GaH3].[GaH3].[GaH3].[GaH3].[GaH3].[Ir]. The minimum absolute atomic E-state index is 0. The van der Waals surface area contributed by atoms with Crippen LogP contribution in [-0.2, 0) is 20.1 Å². The standard InChI is InChI=1S/6Ga.Ir.18H. The van der Waals surface area contributed by atoms with E-state index in [1.807, 2.05) is 0 Å². The van der Waals surface area contributed by atoms with Crippen molar-refractivity contribution in [3.05, 3.63) is 0 Å². The molecule has 0 atom stereocenters. The molecule has 0 heterocycles. The van der Waals surface area contributed by atoms with Crippen LogP contribution in [0.5, 0.6) is 0 Å². The van der Waals surface area contributed by atoms with Gasteiger partial charge in [-0.25, -0.2) is 0 Å². The summed E-state index contributed by atoms with van der Waals surface area (Å²) in [6.45, 7) is 0. The molecule has 0 aliphatic rings. The first kappa shape index (κ1) is 63.0. The van der Waals surface area contributed by atoms with Crippen LogP contribution in [-0.4, -0.2) is 119 Å². The molecule has 0 amide bonds. The van der Waals surface area contributed by atoms with Crippen molar-refractivity contribution in [2.75, 3.05) is 0 Å². The number of hydrogen-bond donors (Lipinski definition) is 0. The van der Waals surface area contributed by atoms with Crippen LogP contribution >= 0.6 is 0 Å². The van der Waals surface area contributed by atoms with Crippen LogP contribution in [0.15, 0.2) is 0 Å². The van der Waals surface area contributed by atoms with E-state index in [-0.39, 0.29) is 139 Å². The molecule has 0 saturated carbocycles. The molecular formula is H18Ga6Ir. The second-order valence-electron chi connectivity index (χ2n) is 0. The minimum Gasteiger partial charge on any atom is 0 e. The predicted molar refractivity (Wildman–Crippen MR) is 59.6 cm³/mol. The molecule has 0 rings (SSSR count). The number of hydrogen-bond acceptors (Lipinski definition) is 0. The Kier molecular flexibility index (Phi) is 423. The largest absolute Gasteiger partial charge is 0 e. The van der Waals surface area contributed by atoms with E-state index in [9.17, 15) is 0 Å². The molecule has 0 aliphatic carbocycles. The molecule has 0 fully saturated rings. The van der Waals surface area contributed by atoms with Crippen molar-refractivity contribution in [1.29, 1.82) is 0 Å². The summed E-state index contributed by atoms with van der Waals surface area (Å²) in [4.78, 5) is 0. The van der Waals surface area contributed by atoms with Gasteiger partial charge in [0.1, 0.15) is 0 Å². The van der Waals surface area contributed by atoms with E-state index in [1.165, 1.54) is 0 Å². The van der Waals surface area contributed by atoms with E-state index in [0.29, 0.717) is 0 Å². The average Bonchev–Trinajstić information content (AvgIpc) is 0. The first-order chi connectivity index (χ1) is 0. The Bertz CT molecular complexity index is 4.14. The minimum atomic E-state index is 0. The molecule has 0 aliphatic heterocycles. The molecule has 0 saturated heterocycles. The van der Waals surface area contributed by atoms with Gasteiger partial charge >= 0.3 is 119 Å². The number of rotatable bonds is 0. The third-order valence-electron chi connectivity index (χ3n) is 0. The molecular weight excluding hydrogens is 611 g/mol. The zero-order valence-corrected chi connectivity index (χ0v) is 2.73. The first-order valence-corrected chi connectivity index (χ1v) is 0. The van der Waals surface area contributed by atoms with Crippen molar-refractivity contribution >= 4 is 119 Å². The van der Waals surface area contributed by atoms with Gasteiger partial charge in [0, 0.05) is 20.1 Å². The van der Waals surface area contributed by atoms with E-state index in [1.54, 1.807) is 0 Å². The summed E-state index contributed by atoms with van der Waals surface area (Å²) in [5.41, 5.74) is 0. The quantitative estimate of drug-likeness (QED) is 0.234. The van der Waals surface area contributed by atoms with Crippen LogP contribution in [0.25, 0.3) is 0 Å². The Morgan fingerprint density at radius 2 is 0.286 bits per heavy atom. The Labute approximate surface area is 136 Å². The van der Waals surface area contributed by atoms with E-state index in [2.05, 4.69) is 0 Å². The van der Waals surface area contributed by atoms with E-state index >= 15 is 0 Å². The maximum absolute atomic E-state index is 0. The Morgan fingerprint density at radius 1 is 0.286 bits per heavy atom. The molecule has 0 aromatic rings. The zero-order chi connectivity index (χ0) is 0. The summed E-state index contributed by atoms with van der Waals surface area (Å²) in [6, 6.07) is 0. The molecule has 0 N–H and O–H groups in total. The Balaban J connectivity index is 0. The third-order valence-corrected chi connectivity index (χ3v) is 0. The van der Waals surface area contributed by atoms with Crippen LogP contribution in [0.4, 0.5) is 0 Å². The summed E-state index contributed by atoms with van der Waals surface area (Å²) < 4.78 is 0. The summed E-state index contributed by atoms with van der Waals surface area (Å²) >= 11 is 0. The van der Waals surface area contributed by atoms with Crippen molar-refractivity contribution in [2.24, 2.45) is 0 Å². The van der Waals surface area contributed by atoms with Gasteiger partial charge in [0.25, 0.3) is 0 Å². The van der Waals surface area contributed by atoms with E-state index < -0.39 is 0 Å². The van der Waals surface area contributed by atoms with Crippen LogP contribution in [0.2, 0.25) is 0 Å². The molecule has 7 heavy (non-hydrogen) atoms. The van der Waals surface area contributed by atoms with Gasteiger partial charge < -0.3 is 0 Å².